The lowest BCUT2D eigenvalue weighted by Gasteiger charge is -2.17. The predicted molar refractivity (Wildman–Crippen MR) is 86.4 cm³/mol. The molecule has 0 N–H and O–H groups in total. The summed E-state index contributed by atoms with van der Waals surface area (Å²) in [6, 6.07) is 0. The van der Waals surface area contributed by atoms with Crippen molar-refractivity contribution in [2.24, 2.45) is 5.92 Å². The summed E-state index contributed by atoms with van der Waals surface area (Å²) in [5.41, 5.74) is 1.24. The van der Waals surface area contributed by atoms with Crippen LogP contribution in [-0.4, -0.2) is 36.9 Å². The highest BCUT2D eigenvalue weighted by atomic mass is 35.5. The molecule has 1 fully saturated rings. The molecular formula is C15H22ClN5O. The fraction of sp³-hybridized carbons (Fsp3) is 0.600. The molecule has 3 rings (SSSR count). The van der Waals surface area contributed by atoms with Gasteiger partial charge in [0.15, 0.2) is 10.8 Å². The van der Waals surface area contributed by atoms with E-state index in [9.17, 15) is 4.79 Å². The molecule has 1 amide bonds. The van der Waals surface area contributed by atoms with E-state index in [-0.39, 0.29) is 5.91 Å². The molecule has 1 aliphatic heterocycles. The van der Waals surface area contributed by atoms with Crippen LogP contribution in [0.3, 0.4) is 0 Å². The number of hydrogen-bond donors (Lipinski definition) is 0. The maximum Gasteiger partial charge on any atom is 0.224 e. The van der Waals surface area contributed by atoms with E-state index in [1.54, 1.807) is 6.33 Å². The first kappa shape index (κ1) is 16.7. The molecule has 2 aromatic heterocycles. The van der Waals surface area contributed by atoms with Crippen molar-refractivity contribution in [1.82, 2.24) is 24.4 Å². The van der Waals surface area contributed by atoms with Gasteiger partial charge in [-0.25, -0.2) is 15.0 Å². The molecule has 22 heavy (non-hydrogen) atoms. The van der Waals surface area contributed by atoms with E-state index >= 15 is 0 Å². The summed E-state index contributed by atoms with van der Waals surface area (Å²) < 4.78 is 1.84. The lowest BCUT2D eigenvalue weighted by atomic mass is 10.0. The van der Waals surface area contributed by atoms with Crippen molar-refractivity contribution in [2.75, 3.05) is 6.54 Å². The first-order valence-corrected chi connectivity index (χ1v) is 8.16. The Kier molecular flexibility index (Phi) is 5.71. The monoisotopic (exact) mass is 323 g/mol. The van der Waals surface area contributed by atoms with Gasteiger partial charge in [0.1, 0.15) is 18.5 Å². The van der Waals surface area contributed by atoms with E-state index in [2.05, 4.69) is 21.9 Å². The van der Waals surface area contributed by atoms with E-state index < -0.39 is 0 Å². The number of halogens is 1. The zero-order valence-corrected chi connectivity index (χ0v) is 14.0. The molecule has 0 aliphatic carbocycles. The number of imidazole rings is 1. The third-order valence-corrected chi connectivity index (χ3v) is 3.95. The Labute approximate surface area is 135 Å². The molecule has 2 aromatic rings. The molecular weight excluding hydrogens is 302 g/mol. The number of fused-ring (bicyclic) bond motifs is 1. The highest BCUT2D eigenvalue weighted by Gasteiger charge is 2.29. The minimum Gasteiger partial charge on any atom is -0.324 e. The van der Waals surface area contributed by atoms with Crippen molar-refractivity contribution in [3.05, 3.63) is 17.8 Å². The molecule has 6 nitrogen and oxygen atoms in total. The van der Waals surface area contributed by atoms with Crippen LogP contribution in [0.15, 0.2) is 12.7 Å². The zero-order valence-electron chi connectivity index (χ0n) is 13.3. The molecule has 0 radical (unpaired) electrons. The van der Waals surface area contributed by atoms with Crippen molar-refractivity contribution >= 4 is 28.7 Å². The Morgan fingerprint density at radius 2 is 2.09 bits per heavy atom. The number of rotatable bonds is 4. The van der Waals surface area contributed by atoms with Crippen LogP contribution >= 0.6 is 11.6 Å². The predicted octanol–water partition coefficient (Wildman–Crippen LogP) is 3.11. The number of carbonyl (C=O) groups is 1. The summed E-state index contributed by atoms with van der Waals surface area (Å²) in [5, 5.41) is 0.338. The molecule has 0 bridgehead atoms. The van der Waals surface area contributed by atoms with Crippen LogP contribution in [-0.2, 0) is 11.5 Å². The summed E-state index contributed by atoms with van der Waals surface area (Å²) in [6.07, 6.45) is 5.93. The van der Waals surface area contributed by atoms with Gasteiger partial charge < -0.3 is 4.90 Å². The van der Waals surface area contributed by atoms with Crippen molar-refractivity contribution in [3.8, 4) is 0 Å². The van der Waals surface area contributed by atoms with Gasteiger partial charge in [-0.15, -0.1) is 0 Å². The largest absolute Gasteiger partial charge is 0.324 e. The highest BCUT2D eigenvalue weighted by molar-refractivity contribution is 6.33. The van der Waals surface area contributed by atoms with E-state index in [1.165, 1.54) is 6.33 Å². The van der Waals surface area contributed by atoms with Crippen LogP contribution in [0.2, 0.25) is 5.15 Å². The molecule has 120 valence electrons. The van der Waals surface area contributed by atoms with Crippen molar-refractivity contribution in [3.63, 3.8) is 0 Å². The summed E-state index contributed by atoms with van der Waals surface area (Å²) >= 11 is 5.97. The quantitative estimate of drug-likeness (QED) is 0.811. The van der Waals surface area contributed by atoms with Crippen LogP contribution in [0.4, 0.5) is 0 Å². The number of hydrogen-bond acceptors (Lipinski definition) is 4. The number of likely N-dealkylation sites (tertiary alicyclic amines) is 1. The molecule has 1 unspecified atom stereocenters. The smallest absolute Gasteiger partial charge is 0.224 e. The molecule has 7 heteroatoms. The van der Waals surface area contributed by atoms with Crippen molar-refractivity contribution in [1.29, 1.82) is 0 Å². The second-order valence-electron chi connectivity index (χ2n) is 5.17. The van der Waals surface area contributed by atoms with Gasteiger partial charge in [0, 0.05) is 13.0 Å². The van der Waals surface area contributed by atoms with Gasteiger partial charge >= 0.3 is 0 Å². The number of carbonyl (C=O) groups excluding carboxylic acids is 1. The molecule has 3 heterocycles. The molecule has 1 saturated heterocycles. The minimum atomic E-state index is 0.199. The minimum absolute atomic E-state index is 0.199. The van der Waals surface area contributed by atoms with Gasteiger partial charge in [-0.1, -0.05) is 38.8 Å². The summed E-state index contributed by atoms with van der Waals surface area (Å²) in [4.78, 5) is 26.2. The van der Waals surface area contributed by atoms with Crippen LogP contribution < -0.4 is 0 Å². The first-order chi connectivity index (χ1) is 10.7. The Balaban J connectivity index is 0.000000847. The van der Waals surface area contributed by atoms with Crippen LogP contribution in [0.1, 0.15) is 40.0 Å². The molecule has 0 aromatic carbocycles. The SMILES string of the molecule is CC.CCCC1CC(=O)N(Cn2cnc3c(Cl)ncnc32)C1. The first-order valence-electron chi connectivity index (χ1n) is 7.78. The lowest BCUT2D eigenvalue weighted by Crippen LogP contribution is -2.27. The maximum absolute atomic E-state index is 12.0. The molecule has 1 aliphatic rings. The molecule has 0 spiro atoms. The van der Waals surface area contributed by atoms with Crippen molar-refractivity contribution < 1.29 is 4.79 Å². The molecule has 1 atom stereocenters. The van der Waals surface area contributed by atoms with Crippen LogP contribution in [0.5, 0.6) is 0 Å². The van der Waals surface area contributed by atoms with Crippen LogP contribution in [0, 0.1) is 5.92 Å². The van der Waals surface area contributed by atoms with Gasteiger partial charge in [0.2, 0.25) is 5.91 Å². The molecule has 0 saturated carbocycles. The summed E-state index contributed by atoms with van der Waals surface area (Å²) in [7, 11) is 0. The van der Waals surface area contributed by atoms with Gasteiger partial charge in [-0.2, -0.15) is 0 Å². The number of aromatic nitrogens is 4. The standard InChI is InChI=1S/C13H16ClN5O.C2H6/c1-2-3-9-4-10(20)18(5-9)8-19-7-17-11-12(14)15-6-16-13(11)19;1-2/h6-7,9H,2-5,8H2,1H3;1-2H3. The average Bonchev–Trinajstić information content (AvgIpc) is 3.08. The van der Waals surface area contributed by atoms with E-state index in [4.69, 9.17) is 11.6 Å². The zero-order chi connectivity index (χ0) is 16.1. The van der Waals surface area contributed by atoms with E-state index in [1.807, 2.05) is 23.3 Å². The van der Waals surface area contributed by atoms with Gasteiger partial charge in [0.25, 0.3) is 0 Å². The maximum atomic E-state index is 12.0. The average molecular weight is 324 g/mol. The van der Waals surface area contributed by atoms with Gasteiger partial charge in [0.05, 0.1) is 6.33 Å². The summed E-state index contributed by atoms with van der Waals surface area (Å²) in [6.45, 7) is 7.43. The second-order valence-corrected chi connectivity index (χ2v) is 5.53. The Hall–Kier alpha value is -1.69. The Morgan fingerprint density at radius 3 is 2.82 bits per heavy atom. The fourth-order valence-corrected chi connectivity index (χ4v) is 2.91. The third kappa shape index (κ3) is 3.38. The van der Waals surface area contributed by atoms with Gasteiger partial charge in [-0.05, 0) is 12.3 Å². The van der Waals surface area contributed by atoms with Crippen LogP contribution in [0.25, 0.3) is 11.2 Å². The van der Waals surface area contributed by atoms with Gasteiger partial charge in [-0.3, -0.25) is 9.36 Å². The normalized spacial score (nSPS) is 17.7. The number of nitrogens with zero attached hydrogens (tertiary/aromatic N) is 5. The Bertz CT molecular complexity index is 642. The lowest BCUT2D eigenvalue weighted by molar-refractivity contribution is -0.129. The van der Waals surface area contributed by atoms with E-state index in [0.717, 1.165) is 19.4 Å². The fourth-order valence-electron chi connectivity index (χ4n) is 2.73. The topological polar surface area (TPSA) is 63.9 Å². The van der Waals surface area contributed by atoms with E-state index in [0.29, 0.717) is 35.3 Å². The highest BCUT2D eigenvalue weighted by Crippen LogP contribution is 2.24. The third-order valence-electron chi connectivity index (χ3n) is 3.67. The summed E-state index contributed by atoms with van der Waals surface area (Å²) in [5.74, 6) is 0.672. The Morgan fingerprint density at radius 1 is 1.32 bits per heavy atom. The second kappa shape index (κ2) is 7.54. The van der Waals surface area contributed by atoms with Crippen molar-refractivity contribution in [2.45, 2.75) is 46.7 Å². The number of amides is 1.